The number of hydrogen-bond acceptors (Lipinski definition) is 2. The summed E-state index contributed by atoms with van der Waals surface area (Å²) in [5.74, 6) is 0. The highest BCUT2D eigenvalue weighted by Gasteiger charge is 2.10. The molecule has 0 radical (unpaired) electrons. The molecule has 2 aromatic rings. The molecule has 0 amide bonds. The monoisotopic (exact) mass is 213 g/mol. The van der Waals surface area contributed by atoms with Crippen molar-refractivity contribution in [1.82, 2.24) is 4.98 Å². The Labute approximate surface area is 95.6 Å². The Hall–Kier alpha value is -1.67. The molecule has 82 valence electrons. The normalized spacial score (nSPS) is 12.4. The Morgan fingerprint density at radius 1 is 1.19 bits per heavy atom. The summed E-state index contributed by atoms with van der Waals surface area (Å²) in [4.78, 5) is 4.01. The fourth-order valence-corrected chi connectivity index (χ4v) is 1.71. The molecular formula is C14H15NO. The molecule has 1 aromatic carbocycles. The van der Waals surface area contributed by atoms with Crippen molar-refractivity contribution in [3.8, 4) is 0 Å². The van der Waals surface area contributed by atoms with Gasteiger partial charge in [0.05, 0.1) is 0 Å². The van der Waals surface area contributed by atoms with Crippen molar-refractivity contribution >= 4 is 0 Å². The molecule has 0 saturated heterocycles. The average molecular weight is 213 g/mol. The largest absolute Gasteiger partial charge is 0.384 e. The van der Waals surface area contributed by atoms with E-state index >= 15 is 0 Å². The minimum atomic E-state index is -0.583. The average Bonchev–Trinajstić information content (AvgIpc) is 2.39. The molecule has 1 heterocycles. The van der Waals surface area contributed by atoms with Gasteiger partial charge in [-0.15, -0.1) is 0 Å². The Morgan fingerprint density at radius 3 is 2.69 bits per heavy atom. The summed E-state index contributed by atoms with van der Waals surface area (Å²) in [6.45, 7) is 2.11. The van der Waals surface area contributed by atoms with Crippen LogP contribution in [0, 0.1) is 0 Å². The highest BCUT2D eigenvalue weighted by atomic mass is 16.3. The number of aromatic nitrogens is 1. The van der Waals surface area contributed by atoms with Crippen molar-refractivity contribution in [3.63, 3.8) is 0 Å². The standard InChI is InChI=1S/C14H15NO/c1-2-11-5-3-6-12(9-11)14(16)13-7-4-8-15-10-13/h3-10,14,16H,2H2,1H3. The minimum Gasteiger partial charge on any atom is -0.384 e. The van der Waals surface area contributed by atoms with Crippen molar-refractivity contribution < 1.29 is 5.11 Å². The Morgan fingerprint density at radius 2 is 2.00 bits per heavy atom. The van der Waals surface area contributed by atoms with Gasteiger partial charge in [0.1, 0.15) is 6.10 Å². The number of hydrogen-bond donors (Lipinski definition) is 1. The molecule has 1 aromatic heterocycles. The van der Waals surface area contributed by atoms with Crippen LogP contribution in [-0.4, -0.2) is 10.1 Å². The van der Waals surface area contributed by atoms with E-state index in [4.69, 9.17) is 0 Å². The van der Waals surface area contributed by atoms with E-state index in [9.17, 15) is 5.11 Å². The molecule has 0 saturated carbocycles. The second-order valence-electron chi connectivity index (χ2n) is 3.79. The van der Waals surface area contributed by atoms with Gasteiger partial charge in [0.25, 0.3) is 0 Å². The molecular weight excluding hydrogens is 198 g/mol. The second kappa shape index (κ2) is 4.90. The summed E-state index contributed by atoms with van der Waals surface area (Å²) >= 11 is 0. The Balaban J connectivity index is 2.30. The van der Waals surface area contributed by atoms with E-state index in [1.54, 1.807) is 12.4 Å². The predicted octanol–water partition coefficient (Wildman–Crippen LogP) is 2.73. The van der Waals surface area contributed by atoms with E-state index in [0.717, 1.165) is 17.5 Å². The molecule has 1 atom stereocenters. The SMILES string of the molecule is CCc1cccc(C(O)c2cccnc2)c1. The molecule has 0 spiro atoms. The first-order valence-corrected chi connectivity index (χ1v) is 5.48. The van der Waals surface area contributed by atoms with Crippen molar-refractivity contribution in [2.24, 2.45) is 0 Å². The van der Waals surface area contributed by atoms with Crippen LogP contribution in [-0.2, 0) is 6.42 Å². The van der Waals surface area contributed by atoms with E-state index in [0.29, 0.717) is 0 Å². The van der Waals surface area contributed by atoms with Crippen LogP contribution in [0.1, 0.15) is 29.7 Å². The molecule has 16 heavy (non-hydrogen) atoms. The van der Waals surface area contributed by atoms with Gasteiger partial charge in [-0.2, -0.15) is 0 Å². The van der Waals surface area contributed by atoms with Crippen molar-refractivity contribution in [2.75, 3.05) is 0 Å². The van der Waals surface area contributed by atoms with Gasteiger partial charge in [0.15, 0.2) is 0 Å². The molecule has 0 fully saturated rings. The number of aliphatic hydroxyl groups is 1. The molecule has 0 aliphatic carbocycles. The van der Waals surface area contributed by atoms with Crippen LogP contribution >= 0.6 is 0 Å². The van der Waals surface area contributed by atoms with Crippen molar-refractivity contribution in [1.29, 1.82) is 0 Å². The van der Waals surface area contributed by atoms with Gasteiger partial charge < -0.3 is 5.11 Å². The topological polar surface area (TPSA) is 33.1 Å². The lowest BCUT2D eigenvalue weighted by atomic mass is 10.0. The highest BCUT2D eigenvalue weighted by molar-refractivity contribution is 5.31. The third-order valence-electron chi connectivity index (χ3n) is 2.68. The molecule has 0 aliphatic rings. The van der Waals surface area contributed by atoms with Gasteiger partial charge >= 0.3 is 0 Å². The van der Waals surface area contributed by atoms with E-state index < -0.39 is 6.10 Å². The second-order valence-corrected chi connectivity index (χ2v) is 3.79. The van der Waals surface area contributed by atoms with Crippen molar-refractivity contribution in [3.05, 3.63) is 65.5 Å². The zero-order chi connectivity index (χ0) is 11.4. The van der Waals surface area contributed by atoms with Crippen LogP contribution in [0.3, 0.4) is 0 Å². The Bertz CT molecular complexity index is 453. The predicted molar refractivity (Wildman–Crippen MR) is 64.1 cm³/mol. The fraction of sp³-hybridized carbons (Fsp3) is 0.214. The first-order valence-electron chi connectivity index (χ1n) is 5.48. The maximum atomic E-state index is 10.2. The number of benzene rings is 1. The van der Waals surface area contributed by atoms with Crippen LogP contribution in [0.5, 0.6) is 0 Å². The van der Waals surface area contributed by atoms with Crippen LogP contribution in [0.4, 0.5) is 0 Å². The maximum Gasteiger partial charge on any atom is 0.106 e. The van der Waals surface area contributed by atoms with Crippen LogP contribution in [0.25, 0.3) is 0 Å². The van der Waals surface area contributed by atoms with E-state index in [1.165, 1.54) is 5.56 Å². The summed E-state index contributed by atoms with van der Waals surface area (Å²) in [6, 6.07) is 11.8. The number of rotatable bonds is 3. The van der Waals surface area contributed by atoms with Gasteiger partial charge in [-0.25, -0.2) is 0 Å². The van der Waals surface area contributed by atoms with E-state index in [1.807, 2.05) is 30.3 Å². The van der Waals surface area contributed by atoms with Crippen LogP contribution in [0.15, 0.2) is 48.8 Å². The first kappa shape index (κ1) is 10.8. The van der Waals surface area contributed by atoms with Gasteiger partial charge in [-0.1, -0.05) is 37.3 Å². The number of nitrogens with zero attached hydrogens (tertiary/aromatic N) is 1. The smallest absolute Gasteiger partial charge is 0.106 e. The zero-order valence-corrected chi connectivity index (χ0v) is 9.30. The molecule has 2 heteroatoms. The number of aliphatic hydroxyl groups excluding tert-OH is 1. The van der Waals surface area contributed by atoms with Gasteiger partial charge in [0.2, 0.25) is 0 Å². The highest BCUT2D eigenvalue weighted by Crippen LogP contribution is 2.21. The van der Waals surface area contributed by atoms with Crippen LogP contribution in [0.2, 0.25) is 0 Å². The summed E-state index contributed by atoms with van der Waals surface area (Å²) in [7, 11) is 0. The maximum absolute atomic E-state index is 10.2. The molecule has 0 bridgehead atoms. The quantitative estimate of drug-likeness (QED) is 0.850. The molecule has 0 aliphatic heterocycles. The molecule has 1 N–H and O–H groups in total. The number of aryl methyl sites for hydroxylation is 1. The summed E-state index contributed by atoms with van der Waals surface area (Å²) in [5.41, 5.74) is 2.99. The lowest BCUT2D eigenvalue weighted by molar-refractivity contribution is 0.220. The lowest BCUT2D eigenvalue weighted by Crippen LogP contribution is -2.00. The lowest BCUT2D eigenvalue weighted by Gasteiger charge is -2.11. The summed E-state index contributed by atoms with van der Waals surface area (Å²) in [6.07, 6.45) is 3.80. The van der Waals surface area contributed by atoms with Gasteiger partial charge in [-0.3, -0.25) is 4.98 Å². The minimum absolute atomic E-state index is 0.583. The third kappa shape index (κ3) is 2.28. The molecule has 2 nitrogen and oxygen atoms in total. The summed E-state index contributed by atoms with van der Waals surface area (Å²) < 4.78 is 0. The van der Waals surface area contributed by atoms with Crippen molar-refractivity contribution in [2.45, 2.75) is 19.4 Å². The summed E-state index contributed by atoms with van der Waals surface area (Å²) in [5, 5.41) is 10.2. The third-order valence-corrected chi connectivity index (χ3v) is 2.68. The zero-order valence-electron chi connectivity index (χ0n) is 9.30. The van der Waals surface area contributed by atoms with E-state index in [-0.39, 0.29) is 0 Å². The Kier molecular flexibility index (Phi) is 3.32. The molecule has 2 rings (SSSR count). The van der Waals surface area contributed by atoms with Gasteiger partial charge in [-0.05, 0) is 23.6 Å². The first-order chi connectivity index (χ1) is 7.81. The van der Waals surface area contributed by atoms with E-state index in [2.05, 4.69) is 18.0 Å². The fourth-order valence-electron chi connectivity index (χ4n) is 1.71. The van der Waals surface area contributed by atoms with Crippen LogP contribution < -0.4 is 0 Å². The number of pyridine rings is 1. The van der Waals surface area contributed by atoms with Gasteiger partial charge in [0, 0.05) is 18.0 Å². The molecule has 1 unspecified atom stereocenters.